The summed E-state index contributed by atoms with van der Waals surface area (Å²) >= 11 is 0. The number of fused-ring (bicyclic) bond motifs is 1. The molecule has 2 aliphatic rings. The first kappa shape index (κ1) is 38.6. The van der Waals surface area contributed by atoms with E-state index in [4.69, 9.17) is 19.6 Å². The molecule has 4 N–H and O–H groups in total. The number of aryl methyl sites for hydroxylation is 2. The van der Waals surface area contributed by atoms with Crippen molar-refractivity contribution in [1.82, 2.24) is 30.3 Å². The van der Waals surface area contributed by atoms with Gasteiger partial charge in [-0.05, 0) is 61.1 Å². The van der Waals surface area contributed by atoms with Crippen molar-refractivity contribution in [3.8, 4) is 11.1 Å². The lowest BCUT2D eigenvalue weighted by Gasteiger charge is -2.27. The molecule has 4 heterocycles. The number of ether oxygens (including phenoxy) is 1. The van der Waals surface area contributed by atoms with Gasteiger partial charge in [-0.1, -0.05) is 31.2 Å². The molecule has 0 spiro atoms. The number of carboxylic acid groups (broad SMARTS) is 1. The molecule has 2 aromatic carbocycles. The fraction of sp³-hybridized carbons (Fsp3) is 0.459. The number of aliphatic carboxylic acids is 1. The largest absolute Gasteiger partial charge is 0.490 e. The van der Waals surface area contributed by atoms with E-state index in [9.17, 15) is 18.0 Å². The SMILES string of the molecule is CCc1nc2c(cnn2CC)c(NC2CCOCC2)c1CC(=O)NCc1ccc(F)c(-c2cccc(CN3CCNCC3)c2)c1.O=C(O)C(F)(F)F. The van der Waals surface area contributed by atoms with Crippen molar-refractivity contribution in [2.75, 3.05) is 44.7 Å². The number of carbonyl (C=O) groups excluding carboxylic acids is 1. The van der Waals surface area contributed by atoms with Crippen LogP contribution in [0.1, 0.15) is 49.1 Å². The number of piperazine rings is 1. The zero-order chi connectivity index (χ0) is 37.3. The van der Waals surface area contributed by atoms with Gasteiger partial charge >= 0.3 is 12.1 Å². The van der Waals surface area contributed by atoms with E-state index in [2.05, 4.69) is 51.9 Å². The molecule has 2 aromatic heterocycles. The zero-order valence-electron chi connectivity index (χ0n) is 29.4. The van der Waals surface area contributed by atoms with Crippen molar-refractivity contribution in [2.45, 2.75) is 71.4 Å². The fourth-order valence-electron chi connectivity index (χ4n) is 6.39. The highest BCUT2D eigenvalue weighted by atomic mass is 19.4. The van der Waals surface area contributed by atoms with E-state index in [1.165, 1.54) is 11.6 Å². The van der Waals surface area contributed by atoms with Crippen LogP contribution in [-0.2, 0) is 46.8 Å². The molecular weight excluding hydrogens is 682 g/mol. The minimum atomic E-state index is -5.08. The lowest BCUT2D eigenvalue weighted by molar-refractivity contribution is -0.192. The van der Waals surface area contributed by atoms with E-state index in [1.807, 2.05) is 29.1 Å². The summed E-state index contributed by atoms with van der Waals surface area (Å²) in [4.78, 5) is 29.7. The topological polar surface area (TPSA) is 134 Å². The Morgan fingerprint density at radius 1 is 1.06 bits per heavy atom. The standard InChI is InChI=1S/C35H44FN7O2.C2HF3O2/c1-3-32-29(34(40-27-10-16-45-17-11-27)30-22-39-43(4-2)35(30)41-32)20-33(44)38-21-24-8-9-31(36)28(19-24)26-7-5-6-25(18-26)23-42-14-12-37-13-15-42;3-2(4,5)1(6)7/h5-9,18-19,22,27,37H,3-4,10-17,20-21,23H2,1-2H3,(H,38,44)(H,40,41);(H,6,7). The van der Waals surface area contributed by atoms with Gasteiger partial charge in [0.05, 0.1) is 23.7 Å². The smallest absolute Gasteiger partial charge is 0.475 e. The number of nitrogens with zero attached hydrogens (tertiary/aromatic N) is 4. The maximum Gasteiger partial charge on any atom is 0.490 e. The Balaban J connectivity index is 0.000000679. The van der Waals surface area contributed by atoms with Gasteiger partial charge in [0.25, 0.3) is 0 Å². The average Bonchev–Trinajstić information content (AvgIpc) is 3.56. The normalized spacial score (nSPS) is 15.6. The predicted molar refractivity (Wildman–Crippen MR) is 189 cm³/mol. The van der Waals surface area contributed by atoms with Crippen LogP contribution in [-0.4, -0.2) is 88.3 Å². The third kappa shape index (κ3) is 10.0. The summed E-state index contributed by atoms with van der Waals surface area (Å²) in [7, 11) is 0. The van der Waals surface area contributed by atoms with Crippen molar-refractivity contribution < 1.29 is 37.0 Å². The van der Waals surface area contributed by atoms with E-state index in [1.54, 1.807) is 6.07 Å². The monoisotopic (exact) mass is 727 g/mol. The number of rotatable bonds is 11. The first-order valence-electron chi connectivity index (χ1n) is 17.6. The molecule has 0 radical (unpaired) electrons. The Labute approximate surface area is 299 Å². The number of carbonyl (C=O) groups is 2. The first-order chi connectivity index (χ1) is 25.0. The van der Waals surface area contributed by atoms with Crippen LogP contribution in [0, 0.1) is 5.82 Å². The Morgan fingerprint density at radius 2 is 1.79 bits per heavy atom. The fourth-order valence-corrected chi connectivity index (χ4v) is 6.39. The molecule has 2 aliphatic heterocycles. The first-order valence-corrected chi connectivity index (χ1v) is 17.6. The molecule has 280 valence electrons. The Kier molecular flexibility index (Phi) is 13.2. The van der Waals surface area contributed by atoms with Gasteiger partial charge in [-0.25, -0.2) is 18.9 Å². The van der Waals surface area contributed by atoms with Crippen LogP contribution < -0.4 is 16.0 Å². The minimum Gasteiger partial charge on any atom is -0.475 e. The summed E-state index contributed by atoms with van der Waals surface area (Å²) in [5.41, 5.74) is 6.99. The summed E-state index contributed by atoms with van der Waals surface area (Å²) < 4.78 is 54.3. The number of hydrogen-bond acceptors (Lipinski definition) is 8. The van der Waals surface area contributed by atoms with Crippen LogP contribution in [0.3, 0.4) is 0 Å². The van der Waals surface area contributed by atoms with E-state index < -0.39 is 12.1 Å². The molecule has 0 aliphatic carbocycles. The van der Waals surface area contributed by atoms with Crippen molar-refractivity contribution in [3.63, 3.8) is 0 Å². The second kappa shape index (κ2) is 17.8. The molecule has 1 amide bonds. The van der Waals surface area contributed by atoms with Gasteiger partial charge in [0, 0.05) is 81.9 Å². The number of amides is 1. The summed E-state index contributed by atoms with van der Waals surface area (Å²) in [5.74, 6) is -3.13. The number of anilines is 1. The van der Waals surface area contributed by atoms with Crippen LogP contribution in [0.15, 0.2) is 48.7 Å². The molecule has 52 heavy (non-hydrogen) atoms. The molecule has 0 unspecified atom stereocenters. The number of alkyl halides is 3. The highest BCUT2D eigenvalue weighted by Gasteiger charge is 2.38. The van der Waals surface area contributed by atoms with Gasteiger partial charge in [0.2, 0.25) is 5.91 Å². The number of nitrogens with one attached hydrogen (secondary N) is 3. The van der Waals surface area contributed by atoms with Gasteiger partial charge in [-0.15, -0.1) is 0 Å². The number of benzene rings is 2. The van der Waals surface area contributed by atoms with Crippen molar-refractivity contribution in [3.05, 3.63) is 76.9 Å². The Bertz CT molecular complexity index is 1840. The summed E-state index contributed by atoms with van der Waals surface area (Å²) in [6.45, 7) is 11.4. The Morgan fingerprint density at radius 3 is 2.46 bits per heavy atom. The van der Waals surface area contributed by atoms with Crippen LogP contribution >= 0.6 is 0 Å². The van der Waals surface area contributed by atoms with Gasteiger partial charge in [0.1, 0.15) is 5.82 Å². The molecule has 11 nitrogen and oxygen atoms in total. The zero-order valence-corrected chi connectivity index (χ0v) is 29.4. The lowest BCUT2D eigenvalue weighted by Crippen LogP contribution is -2.42. The molecule has 15 heteroatoms. The molecule has 0 saturated carbocycles. The summed E-state index contributed by atoms with van der Waals surface area (Å²) in [6.07, 6.45) is -0.524. The lowest BCUT2D eigenvalue weighted by atomic mass is 9.99. The van der Waals surface area contributed by atoms with Gasteiger partial charge in [-0.2, -0.15) is 18.3 Å². The molecule has 0 bridgehead atoms. The predicted octanol–water partition coefficient (Wildman–Crippen LogP) is 5.31. The van der Waals surface area contributed by atoms with E-state index in [0.29, 0.717) is 18.5 Å². The van der Waals surface area contributed by atoms with Crippen LogP contribution in [0.2, 0.25) is 0 Å². The molecule has 2 saturated heterocycles. The van der Waals surface area contributed by atoms with E-state index in [-0.39, 0.29) is 24.2 Å². The molecule has 4 aromatic rings. The van der Waals surface area contributed by atoms with Gasteiger partial charge in [-0.3, -0.25) is 9.69 Å². The second-order valence-electron chi connectivity index (χ2n) is 12.8. The van der Waals surface area contributed by atoms with Gasteiger partial charge < -0.3 is 25.8 Å². The van der Waals surface area contributed by atoms with Crippen LogP contribution in [0.25, 0.3) is 22.2 Å². The number of hydrogen-bond donors (Lipinski definition) is 4. The number of aromatic nitrogens is 3. The maximum absolute atomic E-state index is 15.1. The maximum atomic E-state index is 15.1. The number of halogens is 4. The average molecular weight is 728 g/mol. The third-order valence-corrected chi connectivity index (χ3v) is 9.13. The Hall–Kier alpha value is -4.60. The van der Waals surface area contributed by atoms with Crippen molar-refractivity contribution in [1.29, 1.82) is 0 Å². The molecule has 6 rings (SSSR count). The number of pyridine rings is 1. The van der Waals surface area contributed by atoms with E-state index in [0.717, 1.165) is 104 Å². The van der Waals surface area contributed by atoms with Crippen molar-refractivity contribution in [2.24, 2.45) is 0 Å². The molecule has 2 fully saturated rings. The minimum absolute atomic E-state index is 0.104. The summed E-state index contributed by atoms with van der Waals surface area (Å²) in [5, 5.41) is 22.8. The molecule has 0 atom stereocenters. The second-order valence-corrected chi connectivity index (χ2v) is 12.8. The van der Waals surface area contributed by atoms with Gasteiger partial charge in [0.15, 0.2) is 5.65 Å². The highest BCUT2D eigenvalue weighted by Crippen LogP contribution is 2.32. The number of carboxylic acids is 1. The molecular formula is C37H45F4N7O4. The third-order valence-electron chi connectivity index (χ3n) is 9.13. The summed E-state index contributed by atoms with van der Waals surface area (Å²) in [6, 6.07) is 13.5. The van der Waals surface area contributed by atoms with Crippen LogP contribution in [0.5, 0.6) is 0 Å². The highest BCUT2D eigenvalue weighted by molar-refractivity contribution is 5.94. The van der Waals surface area contributed by atoms with E-state index >= 15 is 4.39 Å². The quantitative estimate of drug-likeness (QED) is 0.152. The van der Waals surface area contributed by atoms with Crippen LogP contribution in [0.4, 0.5) is 23.2 Å². The van der Waals surface area contributed by atoms with Crippen molar-refractivity contribution >= 4 is 28.6 Å².